The molecule has 1 aliphatic rings. The van der Waals surface area contributed by atoms with Gasteiger partial charge in [-0.3, -0.25) is 0 Å². The van der Waals surface area contributed by atoms with Crippen molar-refractivity contribution in [1.29, 1.82) is 0 Å². The molecule has 0 saturated carbocycles. The second-order valence-electron chi connectivity index (χ2n) is 6.77. The molecule has 1 heterocycles. The van der Waals surface area contributed by atoms with Crippen LogP contribution < -0.4 is 4.72 Å². The molecular formula is C20H24N2O7S2. The van der Waals surface area contributed by atoms with Gasteiger partial charge in [0.25, 0.3) is 0 Å². The Morgan fingerprint density at radius 3 is 2.42 bits per heavy atom. The van der Waals surface area contributed by atoms with Gasteiger partial charge in [-0.25, -0.2) is 26.4 Å². The monoisotopic (exact) mass is 468 g/mol. The van der Waals surface area contributed by atoms with E-state index in [1.165, 1.54) is 40.7 Å². The van der Waals surface area contributed by atoms with Gasteiger partial charge in [0, 0.05) is 19.6 Å². The van der Waals surface area contributed by atoms with E-state index < -0.39 is 26.0 Å². The number of nitrogens with zero attached hydrogens (tertiary/aromatic N) is 1. The Hall–Kier alpha value is -2.31. The summed E-state index contributed by atoms with van der Waals surface area (Å²) in [5.74, 6) is -0.713. The van der Waals surface area contributed by atoms with Crippen LogP contribution in [0.4, 0.5) is 0 Å². The Morgan fingerprint density at radius 2 is 1.71 bits per heavy atom. The maximum Gasteiger partial charge on any atom is 0.338 e. The lowest BCUT2D eigenvalue weighted by Crippen LogP contribution is -2.40. The molecule has 0 unspecified atom stereocenters. The number of rotatable bonds is 8. The first kappa shape index (κ1) is 23.4. The van der Waals surface area contributed by atoms with Crippen molar-refractivity contribution in [3.05, 3.63) is 59.7 Å². The predicted octanol–water partition coefficient (Wildman–Crippen LogP) is 1.36. The molecule has 0 radical (unpaired) electrons. The lowest BCUT2D eigenvalue weighted by Gasteiger charge is -2.26. The number of hydrogen-bond acceptors (Lipinski definition) is 7. The van der Waals surface area contributed by atoms with Crippen LogP contribution in [0, 0.1) is 0 Å². The van der Waals surface area contributed by atoms with Crippen molar-refractivity contribution in [2.75, 3.05) is 32.8 Å². The average Bonchev–Trinajstić information content (AvgIpc) is 2.78. The molecule has 9 nitrogen and oxygen atoms in total. The Labute approximate surface area is 182 Å². The van der Waals surface area contributed by atoms with E-state index in [0.717, 1.165) is 0 Å². The summed E-state index contributed by atoms with van der Waals surface area (Å²) in [4.78, 5) is 12.5. The lowest BCUT2D eigenvalue weighted by molar-refractivity contribution is 0.0472. The number of carbonyl (C=O) groups excluding carboxylic acids is 1. The first-order valence-electron chi connectivity index (χ1n) is 9.68. The van der Waals surface area contributed by atoms with Gasteiger partial charge in [0.05, 0.1) is 28.6 Å². The zero-order valence-corrected chi connectivity index (χ0v) is 18.6. The molecule has 0 bridgehead atoms. The van der Waals surface area contributed by atoms with Crippen LogP contribution >= 0.6 is 0 Å². The van der Waals surface area contributed by atoms with E-state index in [9.17, 15) is 21.6 Å². The third-order valence-electron chi connectivity index (χ3n) is 4.59. The zero-order valence-electron chi connectivity index (χ0n) is 17.0. The Balaban J connectivity index is 1.71. The summed E-state index contributed by atoms with van der Waals surface area (Å²) in [5.41, 5.74) is 0.579. The lowest BCUT2D eigenvalue weighted by atomic mass is 10.2. The van der Waals surface area contributed by atoms with Gasteiger partial charge in [0.1, 0.15) is 6.61 Å². The molecule has 0 aliphatic carbocycles. The largest absolute Gasteiger partial charge is 0.457 e. The molecule has 1 N–H and O–H groups in total. The number of ether oxygens (including phenoxy) is 2. The Kier molecular flexibility index (Phi) is 7.44. The second-order valence-corrected chi connectivity index (χ2v) is 10.5. The minimum Gasteiger partial charge on any atom is -0.457 e. The molecule has 0 spiro atoms. The van der Waals surface area contributed by atoms with Gasteiger partial charge >= 0.3 is 5.97 Å². The molecule has 0 amide bonds. The number of nitrogens with one attached hydrogen (secondary N) is 1. The van der Waals surface area contributed by atoms with Gasteiger partial charge in [0.15, 0.2) is 0 Å². The smallest absolute Gasteiger partial charge is 0.338 e. The summed E-state index contributed by atoms with van der Waals surface area (Å²) in [7, 11) is -7.37. The normalized spacial score (nSPS) is 15.5. The molecule has 2 aromatic carbocycles. The number of morpholine rings is 1. The number of benzene rings is 2. The fourth-order valence-electron chi connectivity index (χ4n) is 3.03. The maximum atomic E-state index is 12.8. The van der Waals surface area contributed by atoms with Crippen LogP contribution in [0.2, 0.25) is 0 Å². The van der Waals surface area contributed by atoms with Crippen LogP contribution in [0.15, 0.2) is 58.3 Å². The highest BCUT2D eigenvalue weighted by molar-refractivity contribution is 7.89. The molecule has 1 aliphatic heterocycles. The van der Waals surface area contributed by atoms with Gasteiger partial charge in [0.2, 0.25) is 20.0 Å². The highest BCUT2D eigenvalue weighted by Crippen LogP contribution is 2.19. The van der Waals surface area contributed by atoms with Crippen LogP contribution in [-0.4, -0.2) is 60.0 Å². The topological polar surface area (TPSA) is 119 Å². The van der Waals surface area contributed by atoms with Crippen molar-refractivity contribution in [1.82, 2.24) is 9.03 Å². The summed E-state index contributed by atoms with van der Waals surface area (Å²) in [6.45, 7) is 2.98. The van der Waals surface area contributed by atoms with Crippen LogP contribution in [0.5, 0.6) is 0 Å². The van der Waals surface area contributed by atoms with Crippen LogP contribution in [0.25, 0.3) is 0 Å². The van der Waals surface area contributed by atoms with Crippen molar-refractivity contribution in [3.8, 4) is 0 Å². The van der Waals surface area contributed by atoms with E-state index in [1.807, 2.05) is 0 Å². The van der Waals surface area contributed by atoms with Gasteiger partial charge < -0.3 is 9.47 Å². The molecule has 168 valence electrons. The fourth-order valence-corrected chi connectivity index (χ4v) is 5.59. The van der Waals surface area contributed by atoms with E-state index in [0.29, 0.717) is 18.8 Å². The minimum atomic E-state index is -3.70. The summed E-state index contributed by atoms with van der Waals surface area (Å²) in [6.07, 6.45) is 0. The van der Waals surface area contributed by atoms with E-state index in [1.54, 1.807) is 19.1 Å². The third kappa shape index (κ3) is 5.69. The van der Waals surface area contributed by atoms with Gasteiger partial charge in [-0.1, -0.05) is 25.1 Å². The summed E-state index contributed by atoms with van der Waals surface area (Å²) in [6, 6.07) is 11.7. The first-order valence-corrected chi connectivity index (χ1v) is 12.6. The summed E-state index contributed by atoms with van der Waals surface area (Å²) >= 11 is 0. The molecular weight excluding hydrogens is 444 g/mol. The minimum absolute atomic E-state index is 0.0394. The number of carbonyl (C=O) groups is 1. The predicted molar refractivity (Wildman–Crippen MR) is 112 cm³/mol. The number of sulfonamides is 2. The molecule has 0 aromatic heterocycles. The highest BCUT2D eigenvalue weighted by Gasteiger charge is 2.26. The maximum absolute atomic E-state index is 12.8. The molecule has 2 aromatic rings. The van der Waals surface area contributed by atoms with E-state index in [2.05, 4.69) is 4.72 Å². The second kappa shape index (κ2) is 9.88. The van der Waals surface area contributed by atoms with E-state index in [-0.39, 0.29) is 41.6 Å². The molecule has 0 atom stereocenters. The van der Waals surface area contributed by atoms with Crippen molar-refractivity contribution in [3.63, 3.8) is 0 Å². The fraction of sp³-hybridized carbons (Fsp3) is 0.350. The van der Waals surface area contributed by atoms with Crippen LogP contribution in [0.1, 0.15) is 22.8 Å². The van der Waals surface area contributed by atoms with Crippen molar-refractivity contribution in [2.24, 2.45) is 0 Å². The van der Waals surface area contributed by atoms with Gasteiger partial charge in [-0.2, -0.15) is 4.31 Å². The number of esters is 1. The van der Waals surface area contributed by atoms with Crippen molar-refractivity contribution in [2.45, 2.75) is 23.3 Å². The van der Waals surface area contributed by atoms with Crippen molar-refractivity contribution >= 4 is 26.0 Å². The standard InChI is InChI=1S/C20H24N2O7S2/c1-2-21-30(24,25)18-7-4-6-17(14-18)20(23)29-15-16-5-3-8-19(13-16)31(26,27)22-9-11-28-12-10-22/h3-8,13-14,21H,2,9-12,15H2,1H3. The molecule has 11 heteroatoms. The SMILES string of the molecule is CCNS(=O)(=O)c1cccc(C(=O)OCc2cccc(S(=O)(=O)N3CCOCC3)c2)c1. The van der Waals surface area contributed by atoms with E-state index in [4.69, 9.17) is 9.47 Å². The van der Waals surface area contributed by atoms with E-state index >= 15 is 0 Å². The van der Waals surface area contributed by atoms with Crippen LogP contribution in [0.3, 0.4) is 0 Å². The highest BCUT2D eigenvalue weighted by atomic mass is 32.2. The third-order valence-corrected chi connectivity index (χ3v) is 8.03. The molecule has 1 saturated heterocycles. The first-order chi connectivity index (χ1) is 14.7. The number of hydrogen-bond donors (Lipinski definition) is 1. The summed E-state index contributed by atoms with van der Waals surface area (Å²) < 4.78 is 64.0. The van der Waals surface area contributed by atoms with Crippen LogP contribution in [-0.2, 0) is 36.1 Å². The average molecular weight is 469 g/mol. The molecule has 1 fully saturated rings. The quantitative estimate of drug-likeness (QED) is 0.581. The molecule has 3 rings (SSSR count). The van der Waals surface area contributed by atoms with Crippen molar-refractivity contribution < 1.29 is 31.1 Å². The Bertz CT molecular complexity index is 1140. The zero-order chi connectivity index (χ0) is 22.5. The van der Waals surface area contributed by atoms with Gasteiger partial charge in [-0.05, 0) is 35.9 Å². The summed E-state index contributed by atoms with van der Waals surface area (Å²) in [5, 5.41) is 0. The molecule has 31 heavy (non-hydrogen) atoms. The van der Waals surface area contributed by atoms with Gasteiger partial charge in [-0.15, -0.1) is 0 Å². The Morgan fingerprint density at radius 1 is 1.03 bits per heavy atom.